The molecule has 40 heteroatoms. The first-order valence-corrected chi connectivity index (χ1v) is 29.9. The molecule has 0 spiro atoms. The van der Waals surface area contributed by atoms with E-state index in [9.17, 15) is 116 Å². The SMILES string of the molecule is CC(=O)NC1C(O)[C@H](O[C@@H]2OC(CO)[C@H](O)[C@H](O[C@]3(OC=O)C[C@H](O)[C@@H](C)C([C@H](O)[C@@H](O)CO)O3)C2O)[C@@H](CO)O[C@@H]1OC1[C@H](OCC2O[C@@H](O[C@H]3C(CO)O[C@@H](O[C@H]4C(CO)O[C@@H](C)C(NC(C)=O)[C@H]4O)C(NC(C)=O)[C@H]3O)C(O)[C@@H](O)[C@H]2O)OC(CO)[C@H](O)[C@@H]1O. The third-order valence-corrected chi connectivity index (χ3v) is 17.2. The third kappa shape index (κ3) is 17.2. The van der Waals surface area contributed by atoms with Crippen LogP contribution in [0.2, 0.25) is 0 Å². The van der Waals surface area contributed by atoms with Gasteiger partial charge in [0.25, 0.3) is 6.47 Å². The molecule has 0 saturated carbocycles. The highest BCUT2D eigenvalue weighted by molar-refractivity contribution is 5.74. The molecule has 13 unspecified atom stereocenters. The number of carbonyl (C=O) groups is 4. The lowest BCUT2D eigenvalue weighted by molar-refractivity contribution is -0.448. The summed E-state index contributed by atoms with van der Waals surface area (Å²) in [4.78, 5) is 49.3. The maximum atomic E-state index is 12.8. The van der Waals surface area contributed by atoms with Crippen LogP contribution in [0.25, 0.3) is 0 Å². The summed E-state index contributed by atoms with van der Waals surface area (Å²) in [5.74, 6) is -6.11. The largest absolute Gasteiger partial charge is 0.410 e. The fourth-order valence-corrected chi connectivity index (χ4v) is 12.2. The van der Waals surface area contributed by atoms with Crippen molar-refractivity contribution in [1.29, 1.82) is 0 Å². The van der Waals surface area contributed by atoms with Crippen molar-refractivity contribution >= 4 is 24.2 Å². The lowest BCUT2D eigenvalue weighted by atomic mass is 9.87. The quantitative estimate of drug-likeness (QED) is 0.0282. The second kappa shape index (κ2) is 33.4. The number of hydrogen-bond donors (Lipinski definition) is 22. The van der Waals surface area contributed by atoms with Crippen LogP contribution < -0.4 is 16.0 Å². The summed E-state index contributed by atoms with van der Waals surface area (Å²) in [6.07, 6.45) is -59.2. The first-order chi connectivity index (χ1) is 43.9. The molecule has 3 amide bonds. The molecule has 0 aromatic heterocycles. The van der Waals surface area contributed by atoms with Crippen molar-refractivity contribution in [1.82, 2.24) is 16.0 Å². The van der Waals surface area contributed by atoms with Gasteiger partial charge >= 0.3 is 5.97 Å². The summed E-state index contributed by atoms with van der Waals surface area (Å²) in [7, 11) is 0. The maximum Gasteiger partial charge on any atom is 0.332 e. The van der Waals surface area contributed by atoms with E-state index in [1.54, 1.807) is 0 Å². The van der Waals surface area contributed by atoms with Crippen molar-refractivity contribution in [3.63, 3.8) is 0 Å². The Labute approximate surface area is 529 Å². The Morgan fingerprint density at radius 3 is 1.40 bits per heavy atom. The predicted octanol–water partition coefficient (Wildman–Crippen LogP) is -14.2. The topological polar surface area (TPSA) is 618 Å². The van der Waals surface area contributed by atoms with Crippen LogP contribution in [0, 0.1) is 5.92 Å². The van der Waals surface area contributed by atoms with Crippen molar-refractivity contribution in [3.05, 3.63) is 0 Å². The van der Waals surface area contributed by atoms with E-state index in [1.165, 1.54) is 20.8 Å². The normalized spacial score (nSPS) is 47.2. The number of aliphatic hydroxyl groups is 19. The van der Waals surface area contributed by atoms with Crippen LogP contribution in [0.4, 0.5) is 0 Å². The molecular formula is C53H89N3O37. The van der Waals surface area contributed by atoms with Crippen molar-refractivity contribution < 1.29 is 183 Å². The van der Waals surface area contributed by atoms with Crippen LogP contribution in [-0.2, 0) is 85.5 Å². The molecule has 0 bridgehead atoms. The van der Waals surface area contributed by atoms with Gasteiger partial charge in [-0.15, -0.1) is 0 Å². The van der Waals surface area contributed by atoms with Gasteiger partial charge in [-0.2, -0.15) is 0 Å². The van der Waals surface area contributed by atoms with Crippen LogP contribution in [0.3, 0.4) is 0 Å². The van der Waals surface area contributed by atoms with Crippen LogP contribution >= 0.6 is 0 Å². The maximum absolute atomic E-state index is 12.8. The van der Waals surface area contributed by atoms with Crippen LogP contribution in [0.1, 0.15) is 41.0 Å². The van der Waals surface area contributed by atoms with E-state index >= 15 is 0 Å². The lowest BCUT2D eigenvalue weighted by Crippen LogP contribution is -2.70. The Kier molecular flexibility index (Phi) is 27.7. The molecule has 7 aliphatic rings. The summed E-state index contributed by atoms with van der Waals surface area (Å²) < 4.78 is 81.6. The van der Waals surface area contributed by atoms with Crippen LogP contribution in [0.15, 0.2) is 0 Å². The summed E-state index contributed by atoms with van der Waals surface area (Å²) >= 11 is 0. The summed E-state index contributed by atoms with van der Waals surface area (Å²) in [5.41, 5.74) is 0. The van der Waals surface area contributed by atoms with Gasteiger partial charge in [-0.1, -0.05) is 6.92 Å². The molecule has 36 atom stereocenters. The van der Waals surface area contributed by atoms with Gasteiger partial charge in [-0.25, -0.2) is 0 Å². The first kappa shape index (κ1) is 77.0. The third-order valence-electron chi connectivity index (χ3n) is 17.2. The van der Waals surface area contributed by atoms with Crippen molar-refractivity contribution in [2.24, 2.45) is 5.92 Å². The molecule has 93 heavy (non-hydrogen) atoms. The minimum Gasteiger partial charge on any atom is -0.410 e. The standard InChI is InChI=1S/C53H89N3O37/c1-15-20(67)6-53(81-14-63,92-42(15)31(69)21(68)7-57)93-46-34(72)23(9-59)83-51(41(46)79)90-45-26(12-62)86-49(30(37(45)75)56-19(5)66)91-47-39(77)32(70)22(8-58)84-52(47)80-13-27-33(71)38(76)40(78)50(87-27)89-44-25(11-61)85-48(29(36(44)74)55-18(4)65)88-43-24(10-60)82-16(2)28(35(43)73)54-17(3)64/h14-16,20-52,57-62,67-79H,6-13H2,1-5H3,(H,54,64)(H,55,65)(H,56,66)/t15-,16+,20+,21+,22?,23?,24?,25?,26-,27?,28?,29?,30?,31-,32+,33+,34+,35-,36-,37?,38+,39+,40?,41?,42?,43+,44+,45-,46+,47?,48+,49-,50+,51+,52-,53+/m1/s1. The number of hydrogen-bond acceptors (Lipinski definition) is 37. The van der Waals surface area contributed by atoms with E-state index < -0.39 is 291 Å². The molecule has 0 aromatic rings. The van der Waals surface area contributed by atoms with Gasteiger partial charge in [-0.05, 0) is 6.92 Å². The molecular weight excluding hydrogens is 1270 g/mol. The van der Waals surface area contributed by atoms with Gasteiger partial charge in [0.15, 0.2) is 31.5 Å². The monoisotopic (exact) mass is 1360 g/mol. The predicted molar refractivity (Wildman–Crippen MR) is 290 cm³/mol. The van der Waals surface area contributed by atoms with Gasteiger partial charge in [0.1, 0.15) is 152 Å². The average molecular weight is 1360 g/mol. The molecule has 0 radical (unpaired) electrons. The Morgan fingerprint density at radius 1 is 0.484 bits per heavy atom. The number of rotatable bonds is 26. The number of aliphatic hydroxyl groups excluding tert-OH is 19. The lowest BCUT2D eigenvalue weighted by Gasteiger charge is -2.51. The van der Waals surface area contributed by atoms with E-state index in [0.717, 1.165) is 13.8 Å². The number of amides is 3. The molecule has 7 fully saturated rings. The highest BCUT2D eigenvalue weighted by Crippen LogP contribution is 2.41. The summed E-state index contributed by atoms with van der Waals surface area (Å²) in [6.45, 7) is -1.07. The van der Waals surface area contributed by atoms with E-state index in [-0.39, 0.29) is 6.47 Å². The second-order valence-corrected chi connectivity index (χ2v) is 23.8. The van der Waals surface area contributed by atoms with Crippen molar-refractivity contribution in [2.45, 2.75) is 255 Å². The minimum atomic E-state index is -2.80. The molecule has 7 heterocycles. The first-order valence-electron chi connectivity index (χ1n) is 29.9. The molecule has 22 N–H and O–H groups in total. The van der Waals surface area contributed by atoms with Gasteiger partial charge in [0.2, 0.25) is 17.7 Å². The zero-order valence-electron chi connectivity index (χ0n) is 50.8. The number of carbonyl (C=O) groups excluding carboxylic acids is 4. The fraction of sp³-hybridized carbons (Fsp3) is 0.925. The summed E-state index contributed by atoms with van der Waals surface area (Å²) in [5, 5.41) is 216. The second-order valence-electron chi connectivity index (χ2n) is 23.8. The Balaban J connectivity index is 1.08. The Morgan fingerprint density at radius 2 is 0.903 bits per heavy atom. The smallest absolute Gasteiger partial charge is 0.332 e. The van der Waals surface area contributed by atoms with Gasteiger partial charge in [0, 0.05) is 26.7 Å². The molecule has 7 aliphatic heterocycles. The highest BCUT2D eigenvalue weighted by Gasteiger charge is 2.60. The van der Waals surface area contributed by atoms with Crippen molar-refractivity contribution in [2.75, 3.05) is 46.2 Å². The molecule has 7 rings (SSSR count). The Bertz CT molecular complexity index is 2380. The van der Waals surface area contributed by atoms with Crippen molar-refractivity contribution in [3.8, 4) is 0 Å². The fourth-order valence-electron chi connectivity index (χ4n) is 12.2. The number of nitrogens with one attached hydrogen (secondary N) is 3. The molecule has 0 aliphatic carbocycles. The van der Waals surface area contributed by atoms with Gasteiger partial charge in [0.05, 0.1) is 77.0 Å². The molecule has 7 saturated heterocycles. The summed E-state index contributed by atoms with van der Waals surface area (Å²) in [6, 6.07) is -4.65. The average Bonchev–Trinajstić information content (AvgIpc) is 0.775. The minimum absolute atomic E-state index is 0.215. The zero-order chi connectivity index (χ0) is 68.8. The van der Waals surface area contributed by atoms with Gasteiger partial charge in [-0.3, -0.25) is 19.2 Å². The van der Waals surface area contributed by atoms with E-state index in [4.69, 9.17) is 66.3 Å². The van der Waals surface area contributed by atoms with E-state index in [2.05, 4.69) is 16.0 Å². The Hall–Kier alpha value is -3.40. The number of ether oxygens (including phenoxy) is 14. The van der Waals surface area contributed by atoms with E-state index in [0.29, 0.717) is 0 Å². The van der Waals surface area contributed by atoms with E-state index in [1.807, 2.05) is 0 Å². The zero-order valence-corrected chi connectivity index (χ0v) is 50.8. The molecule has 538 valence electrons. The van der Waals surface area contributed by atoms with Crippen LogP contribution in [-0.4, -0.2) is 382 Å². The highest BCUT2D eigenvalue weighted by atomic mass is 16.9. The molecule has 40 nitrogen and oxygen atoms in total. The molecule has 0 aromatic carbocycles. The van der Waals surface area contributed by atoms with Gasteiger partial charge < -0.3 is 179 Å². The van der Waals surface area contributed by atoms with Crippen LogP contribution in [0.5, 0.6) is 0 Å².